The van der Waals surface area contributed by atoms with Crippen LogP contribution >= 0.6 is 0 Å². The molecule has 0 N–H and O–H groups in total. The van der Waals surface area contributed by atoms with Crippen molar-refractivity contribution in [2.45, 2.75) is 58.2 Å². The van der Waals surface area contributed by atoms with E-state index in [-0.39, 0.29) is 0 Å². The van der Waals surface area contributed by atoms with Gasteiger partial charge in [0.05, 0.1) is 16.8 Å². The maximum atomic E-state index is 5.10. The second kappa shape index (κ2) is 8.88. The highest BCUT2D eigenvalue weighted by molar-refractivity contribution is 6.90. The van der Waals surface area contributed by atoms with Gasteiger partial charge in [-0.05, 0) is 39.5 Å². The van der Waals surface area contributed by atoms with E-state index < -0.39 is 8.07 Å². The normalized spacial score (nSPS) is 12.0. The van der Waals surface area contributed by atoms with Gasteiger partial charge >= 0.3 is 0 Å². The van der Waals surface area contributed by atoms with Crippen LogP contribution in [0.25, 0.3) is 32.9 Å². The van der Waals surface area contributed by atoms with Crippen molar-refractivity contribution in [1.29, 1.82) is 0 Å². The molecule has 0 unspecified atom stereocenters. The third-order valence-corrected chi connectivity index (χ3v) is 13.2. The number of rotatable bonds is 4. The molecule has 32 heavy (non-hydrogen) atoms. The van der Waals surface area contributed by atoms with Crippen molar-refractivity contribution in [3.05, 3.63) is 72.6 Å². The van der Waals surface area contributed by atoms with Crippen LogP contribution in [0.5, 0.6) is 0 Å². The first-order chi connectivity index (χ1) is 15.3. The van der Waals surface area contributed by atoms with Crippen LogP contribution in [0.2, 0.25) is 16.6 Å². The van der Waals surface area contributed by atoms with Crippen LogP contribution in [0.15, 0.2) is 67.0 Å². The van der Waals surface area contributed by atoms with E-state index in [1.807, 2.05) is 18.5 Å². The quantitative estimate of drug-likeness (QED) is 0.239. The first-order valence-corrected chi connectivity index (χ1v) is 13.8. The number of pyridine rings is 2. The molecule has 2 heterocycles. The summed E-state index contributed by atoms with van der Waals surface area (Å²) < 4.78 is 0. The van der Waals surface area contributed by atoms with E-state index in [1.54, 1.807) is 0 Å². The molecule has 4 aromatic rings. The third kappa shape index (κ3) is 3.85. The molecule has 3 heteroatoms. The molecule has 0 aliphatic carbocycles. The Bertz CT molecular complexity index is 1300. The molecule has 2 nitrogen and oxygen atoms in total. The molecule has 0 atom stereocenters. The van der Waals surface area contributed by atoms with Crippen LogP contribution in [0, 0.1) is 11.5 Å². The van der Waals surface area contributed by atoms with Crippen LogP contribution < -0.4 is 0 Å². The van der Waals surface area contributed by atoms with Crippen molar-refractivity contribution in [2.75, 3.05) is 0 Å². The Balaban J connectivity index is 2.01. The maximum Gasteiger partial charge on any atom is 0.146 e. The molecule has 0 amide bonds. The van der Waals surface area contributed by atoms with Crippen molar-refractivity contribution >= 4 is 29.7 Å². The molecule has 0 saturated heterocycles. The molecule has 0 bridgehead atoms. The van der Waals surface area contributed by atoms with Gasteiger partial charge in [0, 0.05) is 23.3 Å². The monoisotopic (exact) mass is 436 g/mol. The molecule has 162 valence electrons. The Hall–Kier alpha value is -2.96. The van der Waals surface area contributed by atoms with Crippen LogP contribution in [0.3, 0.4) is 0 Å². The molecule has 2 aromatic heterocycles. The molecule has 0 fully saturated rings. The maximum absolute atomic E-state index is 5.10. The van der Waals surface area contributed by atoms with E-state index in [9.17, 15) is 0 Å². The van der Waals surface area contributed by atoms with Gasteiger partial charge in [-0.2, -0.15) is 0 Å². The highest BCUT2D eigenvalue weighted by Gasteiger charge is 2.41. The number of hydrogen-bond acceptors (Lipinski definition) is 2. The van der Waals surface area contributed by atoms with E-state index in [0.29, 0.717) is 16.6 Å². The lowest BCUT2D eigenvalue weighted by atomic mass is 9.98. The van der Waals surface area contributed by atoms with Gasteiger partial charge in [-0.25, -0.2) is 4.98 Å². The zero-order valence-electron chi connectivity index (χ0n) is 20.0. The van der Waals surface area contributed by atoms with Gasteiger partial charge in [0.25, 0.3) is 0 Å². The minimum absolute atomic E-state index is 0.589. The van der Waals surface area contributed by atoms with Crippen molar-refractivity contribution in [1.82, 2.24) is 9.97 Å². The molecule has 2 aromatic carbocycles. The molecule has 0 radical (unpaired) electrons. The molecular weight excluding hydrogens is 404 g/mol. The molecule has 4 rings (SSSR count). The lowest BCUT2D eigenvalue weighted by Crippen LogP contribution is -2.43. The number of nitrogens with zero attached hydrogens (tertiary/aromatic N) is 2. The molecule has 0 spiro atoms. The Kier molecular flexibility index (Phi) is 6.17. The number of fused-ring (bicyclic) bond motifs is 2. The predicted molar refractivity (Wildman–Crippen MR) is 140 cm³/mol. The topological polar surface area (TPSA) is 25.8 Å². The highest BCUT2D eigenvalue weighted by atomic mass is 28.3. The van der Waals surface area contributed by atoms with Gasteiger partial charge in [-0.1, -0.05) is 89.9 Å². The van der Waals surface area contributed by atoms with E-state index in [2.05, 4.69) is 107 Å². The summed E-state index contributed by atoms with van der Waals surface area (Å²) in [6.07, 6.45) is 3.69. The molecule has 0 aliphatic heterocycles. The number of aromatic nitrogens is 2. The zero-order chi connectivity index (χ0) is 22.9. The number of hydrogen-bond donors (Lipinski definition) is 0. The number of benzene rings is 2. The zero-order valence-corrected chi connectivity index (χ0v) is 21.0. The second-order valence-electron chi connectivity index (χ2n) is 9.63. The summed E-state index contributed by atoms with van der Waals surface area (Å²) in [6.45, 7) is 14.1. The van der Waals surface area contributed by atoms with Crippen molar-refractivity contribution in [3.63, 3.8) is 0 Å². The fourth-order valence-corrected chi connectivity index (χ4v) is 10.6. The fourth-order valence-electron chi connectivity index (χ4n) is 5.36. The standard InChI is InChI=1S/C29H32N2Si/c1-20(2)32(21(3)4,22(5)6)17-15-24-18-25-19-30-16-14-28(25)31-29(24)27-13-9-11-23-10-7-8-12-26(23)27/h7-14,16,18-22H,1-6H3. The van der Waals surface area contributed by atoms with Crippen molar-refractivity contribution < 1.29 is 0 Å². The van der Waals surface area contributed by atoms with Gasteiger partial charge in [0.2, 0.25) is 0 Å². The average molecular weight is 437 g/mol. The van der Waals surface area contributed by atoms with Gasteiger partial charge in [-0.15, -0.1) is 5.54 Å². The van der Waals surface area contributed by atoms with Crippen LogP contribution in [-0.2, 0) is 0 Å². The lowest BCUT2D eigenvalue weighted by Gasteiger charge is -2.38. The molecule has 0 saturated carbocycles. The summed E-state index contributed by atoms with van der Waals surface area (Å²) in [5.41, 5.74) is 9.72. The van der Waals surface area contributed by atoms with Gasteiger partial charge < -0.3 is 0 Å². The summed E-state index contributed by atoms with van der Waals surface area (Å²) >= 11 is 0. The first-order valence-electron chi connectivity index (χ1n) is 11.6. The van der Waals surface area contributed by atoms with E-state index in [1.165, 1.54) is 10.8 Å². The second-order valence-corrected chi connectivity index (χ2v) is 15.2. The summed E-state index contributed by atoms with van der Waals surface area (Å²) in [5.74, 6) is 3.67. The lowest BCUT2D eigenvalue weighted by molar-refractivity contribution is 0.838. The highest BCUT2D eigenvalue weighted by Crippen LogP contribution is 2.41. The first kappa shape index (κ1) is 22.2. The Morgan fingerprint density at radius 1 is 0.781 bits per heavy atom. The van der Waals surface area contributed by atoms with Crippen LogP contribution in [-0.4, -0.2) is 18.0 Å². The van der Waals surface area contributed by atoms with E-state index in [4.69, 9.17) is 4.98 Å². The van der Waals surface area contributed by atoms with Gasteiger partial charge in [0.1, 0.15) is 8.07 Å². The Morgan fingerprint density at radius 3 is 2.19 bits per heavy atom. The summed E-state index contributed by atoms with van der Waals surface area (Å²) in [4.78, 5) is 9.42. The van der Waals surface area contributed by atoms with Crippen molar-refractivity contribution in [2.24, 2.45) is 0 Å². The van der Waals surface area contributed by atoms with Gasteiger partial charge in [-0.3, -0.25) is 4.98 Å². The minimum Gasteiger partial charge on any atom is -0.264 e. The molecular formula is C29H32N2Si. The van der Waals surface area contributed by atoms with E-state index in [0.717, 1.165) is 27.7 Å². The summed E-state index contributed by atoms with van der Waals surface area (Å²) in [7, 11) is -1.86. The van der Waals surface area contributed by atoms with Crippen molar-refractivity contribution in [3.8, 4) is 22.7 Å². The predicted octanol–water partition coefficient (Wildman–Crippen LogP) is 8.02. The third-order valence-electron chi connectivity index (χ3n) is 6.94. The summed E-state index contributed by atoms with van der Waals surface area (Å²) in [6, 6.07) is 19.1. The Morgan fingerprint density at radius 2 is 1.47 bits per heavy atom. The van der Waals surface area contributed by atoms with E-state index >= 15 is 0 Å². The van der Waals surface area contributed by atoms with Crippen LogP contribution in [0.4, 0.5) is 0 Å². The molecule has 0 aliphatic rings. The minimum atomic E-state index is -1.86. The average Bonchev–Trinajstić information content (AvgIpc) is 2.78. The SMILES string of the molecule is CC(C)[Si](C#Cc1cc2cnccc2nc1-c1cccc2ccccc12)(C(C)C)C(C)C. The fraction of sp³-hybridized carbons (Fsp3) is 0.310. The van der Waals surface area contributed by atoms with Crippen LogP contribution in [0.1, 0.15) is 47.1 Å². The van der Waals surface area contributed by atoms with Gasteiger partial charge in [0.15, 0.2) is 0 Å². The smallest absolute Gasteiger partial charge is 0.146 e. The Labute approximate surface area is 193 Å². The summed E-state index contributed by atoms with van der Waals surface area (Å²) in [5, 5.41) is 3.46. The largest absolute Gasteiger partial charge is 0.264 e.